The third-order valence-corrected chi connectivity index (χ3v) is 9.43. The zero-order valence-electron chi connectivity index (χ0n) is 22.7. The zero-order valence-corrected chi connectivity index (χ0v) is 23.5. The molecule has 0 saturated carbocycles. The van der Waals surface area contributed by atoms with E-state index in [4.69, 9.17) is 9.47 Å². The topological polar surface area (TPSA) is 62.3 Å². The van der Waals surface area contributed by atoms with Crippen LogP contribution in [0.2, 0.25) is 0 Å². The molecule has 2 aliphatic rings. The first-order valence-electron chi connectivity index (χ1n) is 13.7. The number of hydrogen-bond donors (Lipinski definition) is 0. The van der Waals surface area contributed by atoms with Gasteiger partial charge in [-0.2, -0.15) is 17.5 Å². The lowest BCUT2D eigenvalue weighted by Crippen LogP contribution is -2.49. The Morgan fingerprint density at radius 3 is 2.00 bits per heavy atom. The molecule has 0 bridgehead atoms. The second-order valence-electron chi connectivity index (χ2n) is 10.1. The Balaban J connectivity index is 1.16. The van der Waals surface area contributed by atoms with Crippen LogP contribution in [-0.4, -0.2) is 83.3 Å². The van der Waals surface area contributed by atoms with Crippen molar-refractivity contribution >= 4 is 15.7 Å². The minimum atomic E-state index is -4.51. The lowest BCUT2D eigenvalue weighted by molar-refractivity contribution is -0.137. The molecule has 41 heavy (non-hydrogen) atoms. The molecule has 11 heteroatoms. The number of rotatable bonds is 9. The first-order chi connectivity index (χ1) is 19.7. The first-order valence-corrected chi connectivity index (χ1v) is 15.1. The van der Waals surface area contributed by atoms with E-state index in [-0.39, 0.29) is 24.1 Å². The fraction of sp³-hybridized carbons (Fsp3) is 0.400. The number of alkyl halides is 3. The smallest absolute Gasteiger partial charge is 0.378 e. The molecule has 2 aliphatic heterocycles. The van der Waals surface area contributed by atoms with Gasteiger partial charge in [0.1, 0.15) is 6.10 Å². The summed E-state index contributed by atoms with van der Waals surface area (Å²) >= 11 is 0. The van der Waals surface area contributed by atoms with E-state index in [1.165, 1.54) is 4.31 Å². The Hall–Kier alpha value is -2.96. The maximum Gasteiger partial charge on any atom is 0.416 e. The number of sulfonamides is 1. The summed E-state index contributed by atoms with van der Waals surface area (Å²) in [6, 6.07) is 22.2. The maximum absolute atomic E-state index is 13.0. The van der Waals surface area contributed by atoms with E-state index in [0.29, 0.717) is 26.2 Å². The number of morpholine rings is 1. The SMILES string of the molecule is O=S(=O)(c1ccc(C(F)(F)F)cc1)N1CCN(CCOC(c2ccccc2)c2ccc(N3CCOCC3)cc2)CC1. The van der Waals surface area contributed by atoms with Gasteiger partial charge in [0.25, 0.3) is 0 Å². The summed E-state index contributed by atoms with van der Waals surface area (Å²) in [4.78, 5) is 4.32. The molecule has 5 rings (SSSR count). The van der Waals surface area contributed by atoms with Crippen LogP contribution in [-0.2, 0) is 25.7 Å². The molecule has 3 aromatic rings. The summed E-state index contributed by atoms with van der Waals surface area (Å²) in [5.41, 5.74) is 2.40. The van der Waals surface area contributed by atoms with Gasteiger partial charge in [-0.25, -0.2) is 8.42 Å². The summed E-state index contributed by atoms with van der Waals surface area (Å²) < 4.78 is 77.8. The molecular weight excluding hydrogens is 555 g/mol. The fourth-order valence-electron chi connectivity index (χ4n) is 5.15. The normalized spacial score (nSPS) is 18.4. The summed E-state index contributed by atoms with van der Waals surface area (Å²) in [7, 11) is -3.87. The van der Waals surface area contributed by atoms with Crippen LogP contribution in [0.3, 0.4) is 0 Å². The van der Waals surface area contributed by atoms with Crippen molar-refractivity contribution in [3.8, 4) is 0 Å². The minimum Gasteiger partial charge on any atom is -0.378 e. The van der Waals surface area contributed by atoms with Crippen molar-refractivity contribution in [1.82, 2.24) is 9.21 Å². The number of nitrogens with zero attached hydrogens (tertiary/aromatic N) is 3. The molecule has 0 radical (unpaired) electrons. The predicted octanol–water partition coefficient (Wildman–Crippen LogP) is 4.65. The Bertz CT molecular complexity index is 1360. The number of anilines is 1. The zero-order chi connectivity index (χ0) is 28.9. The lowest BCUT2D eigenvalue weighted by Gasteiger charge is -2.34. The second kappa shape index (κ2) is 12.9. The lowest BCUT2D eigenvalue weighted by atomic mass is 10.0. The molecule has 2 saturated heterocycles. The van der Waals surface area contributed by atoms with Gasteiger partial charge in [-0.15, -0.1) is 0 Å². The number of halogens is 3. The fourth-order valence-corrected chi connectivity index (χ4v) is 6.57. The van der Waals surface area contributed by atoms with Crippen LogP contribution in [0.25, 0.3) is 0 Å². The first kappa shape index (κ1) is 29.5. The predicted molar refractivity (Wildman–Crippen MR) is 150 cm³/mol. The number of hydrogen-bond acceptors (Lipinski definition) is 6. The van der Waals surface area contributed by atoms with Crippen LogP contribution >= 0.6 is 0 Å². The van der Waals surface area contributed by atoms with Crippen molar-refractivity contribution in [3.05, 3.63) is 95.6 Å². The van der Waals surface area contributed by atoms with E-state index >= 15 is 0 Å². The van der Waals surface area contributed by atoms with Crippen LogP contribution in [0.15, 0.2) is 83.8 Å². The van der Waals surface area contributed by atoms with Gasteiger partial charge >= 0.3 is 6.18 Å². The summed E-state index contributed by atoms with van der Waals surface area (Å²) in [5, 5.41) is 0. The molecule has 0 spiro atoms. The molecule has 0 aromatic heterocycles. The molecule has 1 unspecified atom stereocenters. The average Bonchev–Trinajstić information content (AvgIpc) is 3.00. The summed E-state index contributed by atoms with van der Waals surface area (Å²) in [6.45, 7) is 5.82. The van der Waals surface area contributed by atoms with Gasteiger partial charge in [-0.1, -0.05) is 42.5 Å². The van der Waals surface area contributed by atoms with Crippen molar-refractivity contribution in [1.29, 1.82) is 0 Å². The van der Waals surface area contributed by atoms with E-state index in [9.17, 15) is 21.6 Å². The summed E-state index contributed by atoms with van der Waals surface area (Å²) in [6.07, 6.45) is -4.75. The molecule has 0 N–H and O–H groups in total. The highest BCUT2D eigenvalue weighted by atomic mass is 32.2. The largest absolute Gasteiger partial charge is 0.416 e. The van der Waals surface area contributed by atoms with Crippen molar-refractivity contribution < 1.29 is 31.1 Å². The number of ether oxygens (including phenoxy) is 2. The summed E-state index contributed by atoms with van der Waals surface area (Å²) in [5.74, 6) is 0. The Morgan fingerprint density at radius 1 is 0.780 bits per heavy atom. The van der Waals surface area contributed by atoms with Crippen LogP contribution < -0.4 is 4.90 Å². The highest BCUT2D eigenvalue weighted by Crippen LogP contribution is 2.31. The van der Waals surface area contributed by atoms with Gasteiger partial charge in [0.05, 0.1) is 30.3 Å². The second-order valence-corrected chi connectivity index (χ2v) is 12.1. The van der Waals surface area contributed by atoms with E-state index in [0.717, 1.165) is 67.4 Å². The Kier molecular flexibility index (Phi) is 9.30. The maximum atomic E-state index is 13.0. The van der Waals surface area contributed by atoms with Crippen LogP contribution in [0, 0.1) is 0 Å². The molecule has 2 heterocycles. The Labute approximate surface area is 239 Å². The number of benzene rings is 3. The van der Waals surface area contributed by atoms with Crippen molar-refractivity contribution in [2.45, 2.75) is 17.2 Å². The molecule has 2 fully saturated rings. The standard InChI is InChI=1S/C30H34F3N3O4S/c31-30(32,33)26-8-12-28(13-9-26)41(37,38)36-16-14-34(15-17-36)18-23-40-29(24-4-2-1-3-5-24)25-6-10-27(11-7-25)35-19-21-39-22-20-35/h1-13,29H,14-23H2. The van der Waals surface area contributed by atoms with Crippen molar-refractivity contribution in [3.63, 3.8) is 0 Å². The van der Waals surface area contributed by atoms with E-state index < -0.39 is 21.8 Å². The van der Waals surface area contributed by atoms with Crippen LogP contribution in [0.5, 0.6) is 0 Å². The molecule has 1 atom stereocenters. The van der Waals surface area contributed by atoms with E-state index in [1.807, 2.05) is 30.3 Å². The van der Waals surface area contributed by atoms with Crippen LogP contribution in [0.4, 0.5) is 18.9 Å². The van der Waals surface area contributed by atoms with Gasteiger partial charge in [-0.05, 0) is 47.5 Å². The van der Waals surface area contributed by atoms with Crippen molar-refractivity contribution in [2.24, 2.45) is 0 Å². The monoisotopic (exact) mass is 589 g/mol. The van der Waals surface area contributed by atoms with Gasteiger partial charge < -0.3 is 14.4 Å². The van der Waals surface area contributed by atoms with Gasteiger partial charge in [-0.3, -0.25) is 4.90 Å². The highest BCUT2D eigenvalue weighted by molar-refractivity contribution is 7.89. The van der Waals surface area contributed by atoms with E-state index in [2.05, 4.69) is 34.1 Å². The highest BCUT2D eigenvalue weighted by Gasteiger charge is 2.32. The average molecular weight is 590 g/mol. The third kappa shape index (κ3) is 7.28. The number of piperazine rings is 1. The molecule has 0 amide bonds. The molecule has 7 nitrogen and oxygen atoms in total. The van der Waals surface area contributed by atoms with Gasteiger partial charge in [0, 0.05) is 51.5 Å². The van der Waals surface area contributed by atoms with Gasteiger partial charge in [0.15, 0.2) is 0 Å². The third-order valence-electron chi connectivity index (χ3n) is 7.52. The minimum absolute atomic E-state index is 0.132. The molecule has 3 aromatic carbocycles. The molecule has 220 valence electrons. The van der Waals surface area contributed by atoms with E-state index in [1.54, 1.807) is 0 Å². The van der Waals surface area contributed by atoms with Gasteiger partial charge in [0.2, 0.25) is 10.0 Å². The van der Waals surface area contributed by atoms with Crippen LogP contribution in [0.1, 0.15) is 22.8 Å². The molecule has 0 aliphatic carbocycles. The molecular formula is C30H34F3N3O4S. The quantitative estimate of drug-likeness (QED) is 0.362. The Morgan fingerprint density at radius 2 is 1.39 bits per heavy atom. The van der Waals surface area contributed by atoms with Crippen molar-refractivity contribution in [2.75, 3.05) is 70.5 Å².